The molecule has 0 aliphatic rings. The Bertz CT molecular complexity index is 1150. The summed E-state index contributed by atoms with van der Waals surface area (Å²) < 4.78 is 20.7. The van der Waals surface area contributed by atoms with Crippen molar-refractivity contribution in [3.05, 3.63) is 70.3 Å². The molecule has 0 amide bonds. The minimum atomic E-state index is -1.11. The van der Waals surface area contributed by atoms with Crippen molar-refractivity contribution in [2.45, 2.75) is 19.9 Å². The third-order valence-electron chi connectivity index (χ3n) is 4.49. The average Bonchev–Trinajstić information content (AvgIpc) is 2.66. The maximum Gasteiger partial charge on any atom is 0.328 e. The molecule has 0 fully saturated rings. The van der Waals surface area contributed by atoms with E-state index in [2.05, 4.69) is 0 Å². The van der Waals surface area contributed by atoms with Crippen molar-refractivity contribution in [2.24, 2.45) is 0 Å². The van der Waals surface area contributed by atoms with Crippen molar-refractivity contribution in [1.82, 2.24) is 4.57 Å². The van der Waals surface area contributed by atoms with Crippen LogP contribution in [0.5, 0.6) is 5.75 Å². The summed E-state index contributed by atoms with van der Waals surface area (Å²) >= 11 is 0. The lowest BCUT2D eigenvalue weighted by Gasteiger charge is -2.22. The first-order valence-electron chi connectivity index (χ1n) is 8.77. The predicted octanol–water partition coefficient (Wildman–Crippen LogP) is 4.49. The molecule has 0 atom stereocenters. The van der Waals surface area contributed by atoms with Gasteiger partial charge in [-0.15, -0.1) is 0 Å². The Morgan fingerprint density at radius 3 is 2.46 bits per heavy atom. The molecule has 0 aliphatic heterocycles. The van der Waals surface area contributed by atoms with Gasteiger partial charge in [0, 0.05) is 34.7 Å². The van der Waals surface area contributed by atoms with Gasteiger partial charge in [0.05, 0.1) is 12.8 Å². The molecule has 3 rings (SSSR count). The van der Waals surface area contributed by atoms with Gasteiger partial charge in [-0.3, -0.25) is 4.79 Å². The van der Waals surface area contributed by atoms with E-state index in [1.165, 1.54) is 31.4 Å². The lowest BCUT2D eigenvalue weighted by Crippen LogP contribution is -2.25. The van der Waals surface area contributed by atoms with Gasteiger partial charge in [0.1, 0.15) is 11.6 Å². The number of hydrogen-bond donors (Lipinski definition) is 1. The van der Waals surface area contributed by atoms with Crippen LogP contribution in [0.1, 0.15) is 25.5 Å². The lowest BCUT2D eigenvalue weighted by molar-refractivity contribution is -0.131. The minimum Gasteiger partial charge on any atom is -0.496 e. The fourth-order valence-corrected chi connectivity index (χ4v) is 3.34. The molecule has 2 aromatic carbocycles. The summed E-state index contributed by atoms with van der Waals surface area (Å²) in [5.74, 6) is -1.32. The van der Waals surface area contributed by atoms with Crippen LogP contribution in [0.15, 0.2) is 53.3 Å². The fourth-order valence-electron chi connectivity index (χ4n) is 3.34. The molecule has 3 aromatic rings. The largest absolute Gasteiger partial charge is 0.496 e. The second-order valence-corrected chi connectivity index (χ2v) is 6.59. The molecule has 1 aromatic heterocycles. The molecule has 1 heterocycles. The zero-order chi connectivity index (χ0) is 20.4. The Morgan fingerprint density at radius 2 is 1.86 bits per heavy atom. The zero-order valence-electron chi connectivity index (χ0n) is 15.8. The topological polar surface area (TPSA) is 68.5 Å². The van der Waals surface area contributed by atoms with Crippen LogP contribution < -0.4 is 10.3 Å². The number of fused-ring (bicyclic) bond motifs is 1. The molecule has 28 heavy (non-hydrogen) atoms. The van der Waals surface area contributed by atoms with Crippen molar-refractivity contribution in [1.29, 1.82) is 0 Å². The van der Waals surface area contributed by atoms with Crippen molar-refractivity contribution in [3.63, 3.8) is 0 Å². The number of aliphatic carboxylic acids is 1. The molecular formula is C22H20FNO4. The summed E-state index contributed by atoms with van der Waals surface area (Å²) in [6.45, 7) is 3.72. The van der Waals surface area contributed by atoms with E-state index in [1.807, 2.05) is 13.8 Å². The normalized spacial score (nSPS) is 11.5. The SMILES string of the molecule is COc1cc(F)ccc1-c1c(/C=C/C(=O)O)c2ccccc2c(=O)n1C(C)C. The second kappa shape index (κ2) is 7.68. The number of rotatable bonds is 5. The zero-order valence-corrected chi connectivity index (χ0v) is 15.8. The first-order chi connectivity index (χ1) is 13.3. The summed E-state index contributed by atoms with van der Waals surface area (Å²) in [6, 6.07) is 10.9. The van der Waals surface area contributed by atoms with E-state index < -0.39 is 11.8 Å². The Kier molecular flexibility index (Phi) is 5.31. The molecule has 144 valence electrons. The summed E-state index contributed by atoms with van der Waals surface area (Å²) in [6.07, 6.45) is 2.48. The van der Waals surface area contributed by atoms with Crippen LogP contribution in [0.2, 0.25) is 0 Å². The number of ether oxygens (including phenoxy) is 1. The number of carboxylic acid groups (broad SMARTS) is 1. The number of benzene rings is 2. The first kappa shape index (κ1) is 19.4. The summed E-state index contributed by atoms with van der Waals surface area (Å²) in [5.41, 5.74) is 1.33. The molecule has 1 N–H and O–H groups in total. The molecule has 0 aliphatic carbocycles. The van der Waals surface area contributed by atoms with Crippen LogP contribution >= 0.6 is 0 Å². The quantitative estimate of drug-likeness (QED) is 0.661. The number of hydrogen-bond acceptors (Lipinski definition) is 3. The van der Waals surface area contributed by atoms with Crippen LogP contribution in [-0.4, -0.2) is 22.8 Å². The number of carbonyl (C=O) groups is 1. The van der Waals surface area contributed by atoms with Crippen LogP contribution in [0.3, 0.4) is 0 Å². The third kappa shape index (κ3) is 3.41. The highest BCUT2D eigenvalue weighted by Crippen LogP contribution is 2.37. The first-order valence-corrected chi connectivity index (χ1v) is 8.77. The highest BCUT2D eigenvalue weighted by atomic mass is 19.1. The number of nitrogens with zero attached hydrogens (tertiary/aromatic N) is 1. The van der Waals surface area contributed by atoms with Gasteiger partial charge < -0.3 is 14.4 Å². The highest BCUT2D eigenvalue weighted by molar-refractivity contribution is 5.99. The average molecular weight is 381 g/mol. The molecular weight excluding hydrogens is 361 g/mol. The Morgan fingerprint density at radius 1 is 1.18 bits per heavy atom. The van der Waals surface area contributed by atoms with Gasteiger partial charge in [-0.1, -0.05) is 18.2 Å². The Balaban J connectivity index is 2.56. The van der Waals surface area contributed by atoms with Crippen molar-refractivity contribution >= 4 is 22.8 Å². The van der Waals surface area contributed by atoms with E-state index in [0.29, 0.717) is 27.6 Å². The standard InChI is InChI=1S/C22H20FNO4/c1-13(2)24-21(18-9-8-14(23)12-19(18)28-3)16(10-11-20(25)26)15-6-4-5-7-17(15)22(24)27/h4-13H,1-3H3,(H,25,26)/b11-10+. The Labute approximate surface area is 161 Å². The fraction of sp³-hybridized carbons (Fsp3) is 0.182. The predicted molar refractivity (Wildman–Crippen MR) is 107 cm³/mol. The smallest absolute Gasteiger partial charge is 0.328 e. The van der Waals surface area contributed by atoms with Gasteiger partial charge in [0.25, 0.3) is 5.56 Å². The van der Waals surface area contributed by atoms with Crippen molar-refractivity contribution in [3.8, 4) is 17.0 Å². The molecule has 0 radical (unpaired) electrons. The van der Waals surface area contributed by atoms with E-state index in [0.717, 1.165) is 6.08 Å². The van der Waals surface area contributed by atoms with E-state index >= 15 is 0 Å². The molecule has 0 saturated carbocycles. The van der Waals surface area contributed by atoms with Crippen molar-refractivity contribution < 1.29 is 19.0 Å². The molecule has 5 nitrogen and oxygen atoms in total. The maximum atomic E-state index is 13.8. The minimum absolute atomic E-state index is 0.209. The lowest BCUT2D eigenvalue weighted by atomic mass is 9.97. The summed E-state index contributed by atoms with van der Waals surface area (Å²) in [4.78, 5) is 24.4. The number of carboxylic acids is 1. The highest BCUT2D eigenvalue weighted by Gasteiger charge is 2.21. The van der Waals surface area contributed by atoms with E-state index in [1.54, 1.807) is 28.8 Å². The van der Waals surface area contributed by atoms with Gasteiger partial charge in [-0.25, -0.2) is 9.18 Å². The van der Waals surface area contributed by atoms with Crippen LogP contribution in [-0.2, 0) is 4.79 Å². The number of halogens is 1. The van der Waals surface area contributed by atoms with Crippen LogP contribution in [0.4, 0.5) is 4.39 Å². The monoisotopic (exact) mass is 381 g/mol. The van der Waals surface area contributed by atoms with E-state index in [-0.39, 0.29) is 17.4 Å². The molecule has 0 unspecified atom stereocenters. The van der Waals surface area contributed by atoms with Crippen LogP contribution in [0.25, 0.3) is 28.1 Å². The number of methoxy groups -OCH3 is 1. The van der Waals surface area contributed by atoms with Gasteiger partial charge in [-0.05, 0) is 43.5 Å². The number of pyridine rings is 1. The number of aromatic nitrogens is 1. The van der Waals surface area contributed by atoms with Gasteiger partial charge >= 0.3 is 5.97 Å². The molecule has 0 bridgehead atoms. The summed E-state index contributed by atoms with van der Waals surface area (Å²) in [5, 5.41) is 10.2. The molecule has 0 saturated heterocycles. The van der Waals surface area contributed by atoms with Crippen molar-refractivity contribution in [2.75, 3.05) is 7.11 Å². The van der Waals surface area contributed by atoms with E-state index in [4.69, 9.17) is 9.84 Å². The van der Waals surface area contributed by atoms with Crippen LogP contribution in [0, 0.1) is 5.82 Å². The van der Waals surface area contributed by atoms with Gasteiger partial charge in [-0.2, -0.15) is 0 Å². The van der Waals surface area contributed by atoms with Gasteiger partial charge in [0.15, 0.2) is 0 Å². The Hall–Kier alpha value is -3.41. The second-order valence-electron chi connectivity index (χ2n) is 6.59. The summed E-state index contributed by atoms with van der Waals surface area (Å²) in [7, 11) is 1.42. The molecule has 6 heteroatoms. The molecule has 0 spiro atoms. The maximum absolute atomic E-state index is 13.8. The van der Waals surface area contributed by atoms with Gasteiger partial charge in [0.2, 0.25) is 0 Å². The van der Waals surface area contributed by atoms with E-state index in [9.17, 15) is 14.0 Å². The third-order valence-corrected chi connectivity index (χ3v) is 4.49.